The second-order valence-corrected chi connectivity index (χ2v) is 5.38. The van der Waals surface area contributed by atoms with Crippen LogP contribution in [0.15, 0.2) is 34.7 Å². The summed E-state index contributed by atoms with van der Waals surface area (Å²) in [6.45, 7) is 4.09. The van der Waals surface area contributed by atoms with Crippen LogP contribution in [0, 0.1) is 13.8 Å². The average Bonchev–Trinajstić information content (AvgIpc) is 3.00. The van der Waals surface area contributed by atoms with E-state index in [4.69, 9.17) is 10.3 Å². The highest BCUT2D eigenvalue weighted by Crippen LogP contribution is 2.27. The second kappa shape index (κ2) is 5.35. The van der Waals surface area contributed by atoms with E-state index in [1.165, 1.54) is 5.56 Å². The van der Waals surface area contributed by atoms with Gasteiger partial charge in [0.25, 0.3) is 0 Å². The molecule has 3 N–H and O–H groups in total. The number of rotatable bonds is 4. The zero-order valence-electron chi connectivity index (χ0n) is 12.6. The van der Waals surface area contributed by atoms with Crippen molar-refractivity contribution in [2.75, 3.05) is 0 Å². The average molecular weight is 284 g/mol. The maximum absolute atomic E-state index is 5.91. The van der Waals surface area contributed by atoms with Crippen LogP contribution in [0.4, 0.5) is 0 Å². The van der Waals surface area contributed by atoms with E-state index in [9.17, 15) is 0 Å². The van der Waals surface area contributed by atoms with E-state index < -0.39 is 0 Å². The van der Waals surface area contributed by atoms with Gasteiger partial charge in [-0.1, -0.05) is 18.2 Å². The van der Waals surface area contributed by atoms with Crippen molar-refractivity contribution >= 4 is 11.0 Å². The quantitative estimate of drug-likeness (QED) is 0.570. The maximum Gasteiger partial charge on any atom is 0.134 e. The number of aromatic nitrogens is 2. The molecule has 1 atom stereocenters. The summed E-state index contributed by atoms with van der Waals surface area (Å²) in [5.41, 5.74) is 7.14. The van der Waals surface area contributed by atoms with E-state index in [0.29, 0.717) is 0 Å². The Labute approximate surface area is 123 Å². The van der Waals surface area contributed by atoms with E-state index >= 15 is 0 Å². The number of aryl methyl sites for hydroxylation is 2. The predicted molar refractivity (Wildman–Crippen MR) is 82.7 cm³/mol. The third kappa shape index (κ3) is 2.46. The summed E-state index contributed by atoms with van der Waals surface area (Å²) in [6, 6.07) is 9.95. The summed E-state index contributed by atoms with van der Waals surface area (Å²) in [7, 11) is 1.96. The molecule has 21 heavy (non-hydrogen) atoms. The summed E-state index contributed by atoms with van der Waals surface area (Å²) in [5, 5.41) is 5.54. The van der Waals surface area contributed by atoms with Gasteiger partial charge < -0.3 is 4.42 Å². The first kappa shape index (κ1) is 13.9. The fourth-order valence-electron chi connectivity index (χ4n) is 2.73. The van der Waals surface area contributed by atoms with Crippen molar-refractivity contribution in [3.8, 4) is 0 Å². The largest absolute Gasteiger partial charge is 0.459 e. The number of furan rings is 1. The molecule has 5 heteroatoms. The van der Waals surface area contributed by atoms with Crippen molar-refractivity contribution in [3.63, 3.8) is 0 Å². The number of fused-ring (bicyclic) bond motifs is 1. The van der Waals surface area contributed by atoms with Crippen molar-refractivity contribution < 1.29 is 4.42 Å². The zero-order chi connectivity index (χ0) is 15.0. The van der Waals surface area contributed by atoms with Crippen molar-refractivity contribution in [2.24, 2.45) is 12.9 Å². The lowest BCUT2D eigenvalue weighted by Gasteiger charge is -2.13. The Morgan fingerprint density at radius 1 is 1.33 bits per heavy atom. The molecule has 5 nitrogen and oxygen atoms in total. The van der Waals surface area contributed by atoms with Crippen LogP contribution in [0.1, 0.15) is 28.8 Å². The molecule has 3 aromatic rings. The Balaban J connectivity index is 1.94. The highest BCUT2D eigenvalue weighted by molar-refractivity contribution is 5.77. The Kier molecular flexibility index (Phi) is 3.53. The molecule has 2 heterocycles. The Hall–Kier alpha value is -2.11. The summed E-state index contributed by atoms with van der Waals surface area (Å²) < 4.78 is 7.81. The Morgan fingerprint density at radius 2 is 2.10 bits per heavy atom. The van der Waals surface area contributed by atoms with Crippen molar-refractivity contribution in [1.82, 2.24) is 15.2 Å². The molecule has 2 aromatic heterocycles. The van der Waals surface area contributed by atoms with Crippen LogP contribution in [0.3, 0.4) is 0 Å². The molecule has 0 aliphatic carbocycles. The van der Waals surface area contributed by atoms with Gasteiger partial charge in [-0.25, -0.2) is 5.43 Å². The van der Waals surface area contributed by atoms with Gasteiger partial charge in [-0.05, 0) is 38.0 Å². The highest BCUT2D eigenvalue weighted by atomic mass is 16.3. The van der Waals surface area contributed by atoms with Gasteiger partial charge >= 0.3 is 0 Å². The van der Waals surface area contributed by atoms with E-state index in [1.54, 1.807) is 0 Å². The smallest absolute Gasteiger partial charge is 0.134 e. The van der Waals surface area contributed by atoms with Crippen LogP contribution in [0.2, 0.25) is 0 Å². The monoisotopic (exact) mass is 284 g/mol. The van der Waals surface area contributed by atoms with Crippen LogP contribution in [0.25, 0.3) is 11.0 Å². The van der Waals surface area contributed by atoms with E-state index in [2.05, 4.69) is 17.4 Å². The molecule has 0 saturated carbocycles. The molecule has 0 saturated heterocycles. The number of hydrogen-bond acceptors (Lipinski definition) is 4. The SMILES string of the molecule is Cc1nn(C)c(C)c1CC(NN)c1cc2ccccc2o1. The number of nitrogens with two attached hydrogens (primary N) is 1. The molecule has 0 bridgehead atoms. The van der Waals surface area contributed by atoms with Crippen molar-refractivity contribution in [1.29, 1.82) is 0 Å². The highest BCUT2D eigenvalue weighted by Gasteiger charge is 2.19. The van der Waals surface area contributed by atoms with E-state index in [1.807, 2.05) is 49.0 Å². The van der Waals surface area contributed by atoms with Gasteiger partial charge in [0.2, 0.25) is 0 Å². The lowest BCUT2D eigenvalue weighted by atomic mass is 10.0. The maximum atomic E-state index is 5.91. The van der Waals surface area contributed by atoms with Gasteiger partial charge in [-0.3, -0.25) is 10.5 Å². The molecule has 110 valence electrons. The minimum absolute atomic E-state index is 0.0704. The number of hydrogen-bond donors (Lipinski definition) is 2. The van der Waals surface area contributed by atoms with Gasteiger partial charge in [0.15, 0.2) is 0 Å². The molecule has 1 aromatic carbocycles. The molecule has 3 rings (SSSR count). The number of nitrogens with one attached hydrogen (secondary N) is 1. The first-order valence-electron chi connectivity index (χ1n) is 7.04. The lowest BCUT2D eigenvalue weighted by Crippen LogP contribution is -2.29. The van der Waals surface area contributed by atoms with Crippen molar-refractivity contribution in [3.05, 3.63) is 53.0 Å². The normalized spacial score (nSPS) is 13.0. The lowest BCUT2D eigenvalue weighted by molar-refractivity contribution is 0.433. The molecule has 0 fully saturated rings. The molecule has 1 unspecified atom stereocenters. The molecule has 0 aliphatic heterocycles. The van der Waals surface area contributed by atoms with E-state index in [0.717, 1.165) is 34.5 Å². The van der Waals surface area contributed by atoms with Crippen LogP contribution >= 0.6 is 0 Å². The fraction of sp³-hybridized carbons (Fsp3) is 0.312. The van der Waals surface area contributed by atoms with Gasteiger partial charge in [-0.15, -0.1) is 0 Å². The Morgan fingerprint density at radius 3 is 2.71 bits per heavy atom. The minimum Gasteiger partial charge on any atom is -0.459 e. The number of hydrazine groups is 1. The number of benzene rings is 1. The zero-order valence-corrected chi connectivity index (χ0v) is 12.6. The number of nitrogens with zero attached hydrogens (tertiary/aromatic N) is 2. The van der Waals surface area contributed by atoms with Crippen LogP contribution in [0.5, 0.6) is 0 Å². The summed E-state index contributed by atoms with van der Waals surface area (Å²) in [4.78, 5) is 0. The minimum atomic E-state index is -0.0704. The predicted octanol–water partition coefficient (Wildman–Crippen LogP) is 2.53. The van der Waals surface area contributed by atoms with Crippen LogP contribution < -0.4 is 11.3 Å². The molecular formula is C16H20N4O. The van der Waals surface area contributed by atoms with Crippen LogP contribution in [-0.4, -0.2) is 9.78 Å². The standard InChI is InChI=1S/C16H20N4O/c1-10-13(11(2)20(3)19-10)9-14(18-17)16-8-12-6-4-5-7-15(12)21-16/h4-8,14,18H,9,17H2,1-3H3. The molecular weight excluding hydrogens is 264 g/mol. The first-order chi connectivity index (χ1) is 10.1. The summed E-state index contributed by atoms with van der Waals surface area (Å²) in [5.74, 6) is 6.59. The first-order valence-corrected chi connectivity index (χ1v) is 7.04. The second-order valence-electron chi connectivity index (χ2n) is 5.38. The molecule has 0 aliphatic rings. The fourth-order valence-corrected chi connectivity index (χ4v) is 2.73. The van der Waals surface area contributed by atoms with Gasteiger partial charge in [0.05, 0.1) is 11.7 Å². The molecule has 0 spiro atoms. The van der Waals surface area contributed by atoms with E-state index in [-0.39, 0.29) is 6.04 Å². The third-order valence-electron chi connectivity index (χ3n) is 4.06. The number of para-hydroxylation sites is 1. The van der Waals surface area contributed by atoms with Gasteiger partial charge in [0, 0.05) is 18.1 Å². The van der Waals surface area contributed by atoms with Crippen LogP contribution in [-0.2, 0) is 13.5 Å². The Bertz CT molecular complexity index is 739. The topological polar surface area (TPSA) is 69.0 Å². The van der Waals surface area contributed by atoms with Crippen molar-refractivity contribution in [2.45, 2.75) is 26.3 Å². The summed E-state index contributed by atoms with van der Waals surface area (Å²) >= 11 is 0. The van der Waals surface area contributed by atoms with Gasteiger partial charge in [-0.2, -0.15) is 5.10 Å². The third-order valence-corrected chi connectivity index (χ3v) is 4.06. The molecule has 0 amide bonds. The molecule has 0 radical (unpaired) electrons. The summed E-state index contributed by atoms with van der Waals surface area (Å²) in [6.07, 6.45) is 0.752. The van der Waals surface area contributed by atoms with Gasteiger partial charge in [0.1, 0.15) is 11.3 Å².